The van der Waals surface area contributed by atoms with Crippen LogP contribution in [0.5, 0.6) is 0 Å². The van der Waals surface area contributed by atoms with Crippen LogP contribution in [0.1, 0.15) is 35.9 Å². The number of hydrogen-bond donors (Lipinski definition) is 2. The number of urea groups is 1. The lowest BCUT2D eigenvalue weighted by Crippen LogP contribution is -2.28. The van der Waals surface area contributed by atoms with Gasteiger partial charge in [-0.2, -0.15) is 10.2 Å². The summed E-state index contributed by atoms with van der Waals surface area (Å²) in [6.07, 6.45) is 4.19. The molecule has 0 aliphatic rings. The van der Waals surface area contributed by atoms with E-state index in [9.17, 15) is 4.79 Å². The third kappa shape index (κ3) is 4.72. The highest BCUT2D eigenvalue weighted by atomic mass is 16.2. The Morgan fingerprint density at radius 3 is 2.85 bits per heavy atom. The SMILES string of the molecule is CCCn1nc(C)c(CNC(=O)Nc2cccc(Cn3cncn3)c2)c1C. The molecule has 2 aromatic heterocycles. The van der Waals surface area contributed by atoms with Crippen molar-refractivity contribution in [2.24, 2.45) is 0 Å². The van der Waals surface area contributed by atoms with Crippen molar-refractivity contribution in [2.75, 3.05) is 5.32 Å². The number of nitrogens with zero attached hydrogens (tertiary/aromatic N) is 5. The fraction of sp³-hybridized carbons (Fsp3) is 0.368. The predicted molar refractivity (Wildman–Crippen MR) is 103 cm³/mol. The second-order valence-corrected chi connectivity index (χ2v) is 6.47. The summed E-state index contributed by atoms with van der Waals surface area (Å²) in [5.41, 5.74) is 4.89. The van der Waals surface area contributed by atoms with Crippen LogP contribution >= 0.6 is 0 Å². The quantitative estimate of drug-likeness (QED) is 0.672. The summed E-state index contributed by atoms with van der Waals surface area (Å²) < 4.78 is 3.73. The van der Waals surface area contributed by atoms with E-state index in [0.717, 1.165) is 41.2 Å². The van der Waals surface area contributed by atoms with Gasteiger partial charge in [0, 0.05) is 30.0 Å². The normalized spacial score (nSPS) is 10.8. The Morgan fingerprint density at radius 1 is 1.26 bits per heavy atom. The Kier molecular flexibility index (Phi) is 5.85. The van der Waals surface area contributed by atoms with Crippen molar-refractivity contribution in [3.05, 3.63) is 59.4 Å². The van der Waals surface area contributed by atoms with E-state index in [2.05, 4.69) is 32.7 Å². The van der Waals surface area contributed by atoms with Crippen molar-refractivity contribution in [3.63, 3.8) is 0 Å². The van der Waals surface area contributed by atoms with Crippen LogP contribution in [0.15, 0.2) is 36.9 Å². The van der Waals surface area contributed by atoms with Crippen LogP contribution in [-0.2, 0) is 19.6 Å². The number of carbonyl (C=O) groups excluding carboxylic acids is 1. The number of hydrogen-bond acceptors (Lipinski definition) is 4. The van der Waals surface area contributed by atoms with Crippen LogP contribution in [-0.4, -0.2) is 30.6 Å². The van der Waals surface area contributed by atoms with E-state index in [4.69, 9.17) is 0 Å². The zero-order chi connectivity index (χ0) is 19.2. The molecule has 8 heteroatoms. The maximum absolute atomic E-state index is 12.3. The van der Waals surface area contributed by atoms with Crippen LogP contribution in [0.3, 0.4) is 0 Å². The number of benzene rings is 1. The van der Waals surface area contributed by atoms with Gasteiger partial charge in [0.05, 0.1) is 12.2 Å². The van der Waals surface area contributed by atoms with Crippen LogP contribution in [0, 0.1) is 13.8 Å². The van der Waals surface area contributed by atoms with E-state index >= 15 is 0 Å². The number of nitrogens with one attached hydrogen (secondary N) is 2. The summed E-state index contributed by atoms with van der Waals surface area (Å²) >= 11 is 0. The Labute approximate surface area is 158 Å². The molecule has 0 unspecified atom stereocenters. The average molecular weight is 367 g/mol. The highest BCUT2D eigenvalue weighted by molar-refractivity contribution is 5.89. The van der Waals surface area contributed by atoms with Crippen molar-refractivity contribution in [1.82, 2.24) is 29.9 Å². The maximum Gasteiger partial charge on any atom is 0.319 e. The molecule has 0 radical (unpaired) electrons. The van der Waals surface area contributed by atoms with Gasteiger partial charge < -0.3 is 10.6 Å². The van der Waals surface area contributed by atoms with Gasteiger partial charge in [-0.1, -0.05) is 19.1 Å². The van der Waals surface area contributed by atoms with Gasteiger partial charge in [-0.15, -0.1) is 0 Å². The van der Waals surface area contributed by atoms with Gasteiger partial charge in [0.2, 0.25) is 0 Å². The molecule has 1 aromatic carbocycles. The Bertz CT molecular complexity index is 899. The van der Waals surface area contributed by atoms with Crippen LogP contribution in [0.25, 0.3) is 0 Å². The lowest BCUT2D eigenvalue weighted by molar-refractivity contribution is 0.251. The zero-order valence-electron chi connectivity index (χ0n) is 15.9. The third-order valence-corrected chi connectivity index (χ3v) is 4.39. The Hall–Kier alpha value is -3.16. The molecule has 0 saturated carbocycles. The number of anilines is 1. The largest absolute Gasteiger partial charge is 0.334 e. The zero-order valence-corrected chi connectivity index (χ0v) is 15.9. The second kappa shape index (κ2) is 8.48. The van der Waals surface area contributed by atoms with Crippen molar-refractivity contribution < 1.29 is 4.79 Å². The van der Waals surface area contributed by atoms with E-state index in [1.54, 1.807) is 11.0 Å². The molecule has 0 fully saturated rings. The monoisotopic (exact) mass is 367 g/mol. The number of amides is 2. The first-order valence-electron chi connectivity index (χ1n) is 9.06. The summed E-state index contributed by atoms with van der Waals surface area (Å²) in [5.74, 6) is 0. The molecule has 2 amide bonds. The standard InChI is InChI=1S/C19H25N7O/c1-4-8-26-15(3)18(14(2)24-26)10-21-19(27)23-17-7-5-6-16(9-17)11-25-13-20-12-22-25/h5-7,9,12-13H,4,8,10-11H2,1-3H3,(H2,21,23,27). The van der Waals surface area contributed by atoms with Gasteiger partial charge >= 0.3 is 6.03 Å². The molecule has 27 heavy (non-hydrogen) atoms. The predicted octanol–water partition coefficient (Wildman–Crippen LogP) is 2.87. The maximum atomic E-state index is 12.3. The number of aromatic nitrogens is 5. The number of rotatable bonds is 7. The van der Waals surface area contributed by atoms with Gasteiger partial charge in [-0.25, -0.2) is 14.5 Å². The van der Waals surface area contributed by atoms with E-state index < -0.39 is 0 Å². The molecule has 0 spiro atoms. The summed E-state index contributed by atoms with van der Waals surface area (Å²) in [7, 11) is 0. The van der Waals surface area contributed by atoms with Crippen molar-refractivity contribution >= 4 is 11.7 Å². The smallest absolute Gasteiger partial charge is 0.319 e. The minimum Gasteiger partial charge on any atom is -0.334 e. The molecule has 3 rings (SSSR count). The molecule has 142 valence electrons. The average Bonchev–Trinajstić information content (AvgIpc) is 3.23. The van der Waals surface area contributed by atoms with Gasteiger partial charge in [-0.05, 0) is 38.0 Å². The molecular formula is C19H25N7O. The fourth-order valence-corrected chi connectivity index (χ4v) is 3.01. The molecule has 0 aliphatic carbocycles. The molecule has 0 saturated heterocycles. The Balaban J connectivity index is 1.58. The minimum atomic E-state index is -0.241. The molecular weight excluding hydrogens is 342 g/mol. The molecule has 2 heterocycles. The lowest BCUT2D eigenvalue weighted by Gasteiger charge is -2.10. The van der Waals surface area contributed by atoms with Crippen LogP contribution in [0.4, 0.5) is 10.5 Å². The number of aryl methyl sites for hydroxylation is 2. The minimum absolute atomic E-state index is 0.241. The molecule has 0 atom stereocenters. The van der Waals surface area contributed by atoms with Gasteiger partial charge in [0.25, 0.3) is 0 Å². The van der Waals surface area contributed by atoms with Crippen LogP contribution in [0.2, 0.25) is 0 Å². The Morgan fingerprint density at radius 2 is 2.11 bits per heavy atom. The molecule has 2 N–H and O–H groups in total. The fourth-order valence-electron chi connectivity index (χ4n) is 3.01. The first kappa shape index (κ1) is 18.6. The summed E-state index contributed by atoms with van der Waals surface area (Å²) in [6.45, 7) is 8.08. The van der Waals surface area contributed by atoms with E-state index in [1.807, 2.05) is 42.8 Å². The first-order valence-corrected chi connectivity index (χ1v) is 9.06. The van der Waals surface area contributed by atoms with Crippen molar-refractivity contribution in [2.45, 2.75) is 46.8 Å². The topological polar surface area (TPSA) is 89.7 Å². The van der Waals surface area contributed by atoms with Gasteiger partial charge in [-0.3, -0.25) is 4.68 Å². The van der Waals surface area contributed by atoms with Crippen LogP contribution < -0.4 is 10.6 Å². The third-order valence-electron chi connectivity index (χ3n) is 4.39. The first-order chi connectivity index (χ1) is 13.1. The van der Waals surface area contributed by atoms with Crippen molar-refractivity contribution in [1.29, 1.82) is 0 Å². The van der Waals surface area contributed by atoms with E-state index in [0.29, 0.717) is 13.1 Å². The second-order valence-electron chi connectivity index (χ2n) is 6.47. The highest BCUT2D eigenvalue weighted by Crippen LogP contribution is 2.14. The van der Waals surface area contributed by atoms with Crippen molar-refractivity contribution in [3.8, 4) is 0 Å². The molecule has 0 aliphatic heterocycles. The summed E-state index contributed by atoms with van der Waals surface area (Å²) in [6, 6.07) is 7.44. The van der Waals surface area contributed by atoms with E-state index in [-0.39, 0.29) is 6.03 Å². The van der Waals surface area contributed by atoms with Gasteiger partial charge in [0.1, 0.15) is 12.7 Å². The van der Waals surface area contributed by atoms with Gasteiger partial charge in [0.15, 0.2) is 0 Å². The molecule has 3 aromatic rings. The van der Waals surface area contributed by atoms with E-state index in [1.165, 1.54) is 6.33 Å². The number of carbonyl (C=O) groups is 1. The lowest BCUT2D eigenvalue weighted by atomic mass is 10.2. The summed E-state index contributed by atoms with van der Waals surface area (Å²) in [4.78, 5) is 16.2. The highest BCUT2D eigenvalue weighted by Gasteiger charge is 2.12. The summed E-state index contributed by atoms with van der Waals surface area (Å²) in [5, 5.41) is 14.4. The molecule has 0 bridgehead atoms. The molecule has 8 nitrogen and oxygen atoms in total.